The summed E-state index contributed by atoms with van der Waals surface area (Å²) in [4.78, 5) is 4.07. The molecule has 14 heavy (non-hydrogen) atoms. The first-order valence-corrected chi connectivity index (χ1v) is 4.62. The van der Waals surface area contributed by atoms with Gasteiger partial charge < -0.3 is 15.6 Å². The molecule has 0 saturated heterocycles. The van der Waals surface area contributed by atoms with Crippen molar-refractivity contribution in [2.24, 2.45) is 5.73 Å². The topological polar surface area (TPSA) is 68.4 Å². The zero-order chi connectivity index (χ0) is 10.6. The Morgan fingerprint density at radius 1 is 1.71 bits per heavy atom. The smallest absolute Gasteiger partial charge is 0.143 e. The Morgan fingerprint density at radius 2 is 2.43 bits per heavy atom. The van der Waals surface area contributed by atoms with Gasteiger partial charge in [0.15, 0.2) is 0 Å². The van der Waals surface area contributed by atoms with E-state index < -0.39 is 0 Å². The normalized spacial score (nSPS) is 12.6. The molecular weight excluding hydrogens is 204 g/mol. The summed E-state index contributed by atoms with van der Waals surface area (Å²) >= 11 is 5.74. The van der Waals surface area contributed by atoms with Gasteiger partial charge >= 0.3 is 0 Å². The van der Waals surface area contributed by atoms with Gasteiger partial charge in [0.2, 0.25) is 0 Å². The third-order valence-electron chi connectivity index (χ3n) is 1.86. The van der Waals surface area contributed by atoms with E-state index in [2.05, 4.69) is 4.98 Å². The average Bonchev–Trinajstić information content (AvgIpc) is 2.17. The maximum atomic E-state index is 8.74. The summed E-state index contributed by atoms with van der Waals surface area (Å²) in [6.07, 6.45) is 1.96. The molecule has 1 atom stereocenters. The lowest BCUT2D eigenvalue weighted by molar-refractivity contribution is 0.274. The second kappa shape index (κ2) is 5.14. The van der Waals surface area contributed by atoms with E-state index in [-0.39, 0.29) is 12.6 Å². The first kappa shape index (κ1) is 11.2. The van der Waals surface area contributed by atoms with Crippen molar-refractivity contribution < 1.29 is 9.84 Å². The number of methoxy groups -OCH3 is 1. The van der Waals surface area contributed by atoms with Crippen molar-refractivity contribution in [3.63, 3.8) is 0 Å². The van der Waals surface area contributed by atoms with E-state index in [9.17, 15) is 0 Å². The summed E-state index contributed by atoms with van der Waals surface area (Å²) in [5, 5.41) is 9.24. The number of pyridine rings is 1. The van der Waals surface area contributed by atoms with Crippen LogP contribution in [-0.2, 0) is 0 Å². The Kier molecular flexibility index (Phi) is 4.13. The Bertz CT molecular complexity index is 307. The molecule has 1 aromatic rings. The molecule has 0 aliphatic heterocycles. The van der Waals surface area contributed by atoms with Crippen molar-refractivity contribution in [1.82, 2.24) is 4.98 Å². The first-order valence-electron chi connectivity index (χ1n) is 4.25. The highest BCUT2D eigenvalue weighted by Gasteiger charge is 2.13. The summed E-state index contributed by atoms with van der Waals surface area (Å²) in [6, 6.07) is 1.33. The zero-order valence-electron chi connectivity index (χ0n) is 7.90. The van der Waals surface area contributed by atoms with Crippen LogP contribution in [0.15, 0.2) is 12.3 Å². The number of rotatable bonds is 4. The third kappa shape index (κ3) is 2.57. The lowest BCUT2D eigenvalue weighted by Gasteiger charge is -2.13. The van der Waals surface area contributed by atoms with E-state index >= 15 is 0 Å². The number of nitrogens with zero attached hydrogens (tertiary/aromatic N) is 1. The quantitative estimate of drug-likeness (QED) is 0.792. The molecule has 0 aromatic carbocycles. The van der Waals surface area contributed by atoms with Gasteiger partial charge in [-0.2, -0.15) is 0 Å². The number of nitrogens with two attached hydrogens (primary N) is 1. The molecule has 0 fully saturated rings. The van der Waals surface area contributed by atoms with Crippen molar-refractivity contribution >= 4 is 11.6 Å². The minimum Gasteiger partial charge on any atom is -0.495 e. The minimum atomic E-state index is -0.327. The molecule has 0 radical (unpaired) electrons. The number of ether oxygens (including phenoxy) is 1. The highest BCUT2D eigenvalue weighted by atomic mass is 35.5. The van der Waals surface area contributed by atoms with Crippen LogP contribution < -0.4 is 10.5 Å². The molecule has 1 unspecified atom stereocenters. The molecule has 1 rings (SSSR count). The number of aromatic nitrogens is 1. The van der Waals surface area contributed by atoms with Gasteiger partial charge in [-0.1, -0.05) is 11.6 Å². The maximum absolute atomic E-state index is 8.74. The van der Waals surface area contributed by atoms with E-state index in [4.69, 9.17) is 27.2 Å². The first-order chi connectivity index (χ1) is 6.69. The monoisotopic (exact) mass is 216 g/mol. The van der Waals surface area contributed by atoms with E-state index in [0.717, 1.165) is 0 Å². The van der Waals surface area contributed by atoms with Gasteiger partial charge in [0, 0.05) is 18.9 Å². The molecule has 1 heterocycles. The second-order valence-electron chi connectivity index (χ2n) is 2.86. The zero-order valence-corrected chi connectivity index (χ0v) is 8.66. The fraction of sp³-hybridized carbons (Fsp3) is 0.444. The molecule has 0 bridgehead atoms. The van der Waals surface area contributed by atoms with Gasteiger partial charge in [-0.25, -0.2) is 0 Å². The lowest BCUT2D eigenvalue weighted by atomic mass is 10.1. The highest BCUT2D eigenvalue weighted by molar-refractivity contribution is 6.30. The molecule has 3 N–H and O–H groups in total. The van der Waals surface area contributed by atoms with Crippen LogP contribution in [0.3, 0.4) is 0 Å². The van der Waals surface area contributed by atoms with Crippen LogP contribution in [0.4, 0.5) is 0 Å². The number of aliphatic hydroxyl groups is 1. The van der Waals surface area contributed by atoms with Gasteiger partial charge in [-0.3, -0.25) is 4.98 Å². The van der Waals surface area contributed by atoms with Crippen LogP contribution in [0.5, 0.6) is 5.75 Å². The molecule has 0 saturated carbocycles. The largest absolute Gasteiger partial charge is 0.495 e. The molecule has 78 valence electrons. The lowest BCUT2D eigenvalue weighted by Crippen LogP contribution is -2.14. The fourth-order valence-corrected chi connectivity index (χ4v) is 1.30. The summed E-state index contributed by atoms with van der Waals surface area (Å²) in [6.45, 7) is 0.0224. The fourth-order valence-electron chi connectivity index (χ4n) is 1.15. The Morgan fingerprint density at radius 3 is 3.00 bits per heavy atom. The van der Waals surface area contributed by atoms with E-state index in [1.54, 1.807) is 6.07 Å². The number of halogens is 1. The number of aliphatic hydroxyl groups excluding tert-OH is 1. The van der Waals surface area contributed by atoms with Crippen molar-refractivity contribution in [1.29, 1.82) is 0 Å². The predicted octanol–water partition coefficient (Wildman–Crippen LogP) is 1.13. The maximum Gasteiger partial charge on any atom is 0.143 e. The molecular formula is C9H13ClN2O2. The van der Waals surface area contributed by atoms with Gasteiger partial charge in [0.1, 0.15) is 5.75 Å². The number of hydrogen-bond donors (Lipinski definition) is 2. The van der Waals surface area contributed by atoms with Crippen molar-refractivity contribution in [2.45, 2.75) is 12.5 Å². The average molecular weight is 217 g/mol. The molecule has 1 aromatic heterocycles. The molecule has 0 aliphatic carbocycles. The van der Waals surface area contributed by atoms with Gasteiger partial charge in [-0.05, 0) is 6.42 Å². The molecule has 5 heteroatoms. The second-order valence-corrected chi connectivity index (χ2v) is 3.30. The SMILES string of the molecule is COc1cc(Cl)cnc1C(N)CCO. The van der Waals surface area contributed by atoms with Crippen LogP contribution >= 0.6 is 11.6 Å². The van der Waals surface area contributed by atoms with E-state index in [1.165, 1.54) is 13.3 Å². The summed E-state index contributed by atoms with van der Waals surface area (Å²) in [7, 11) is 1.53. The molecule has 0 aliphatic rings. The van der Waals surface area contributed by atoms with Crippen molar-refractivity contribution in [3.8, 4) is 5.75 Å². The molecule has 0 amide bonds. The van der Waals surface area contributed by atoms with Crippen LogP contribution in [0.25, 0.3) is 0 Å². The summed E-state index contributed by atoms with van der Waals surface area (Å²) in [5.41, 5.74) is 6.40. The van der Waals surface area contributed by atoms with Gasteiger partial charge in [-0.15, -0.1) is 0 Å². The summed E-state index contributed by atoms with van der Waals surface area (Å²) < 4.78 is 5.09. The van der Waals surface area contributed by atoms with Crippen molar-refractivity contribution in [3.05, 3.63) is 23.0 Å². The Labute approximate surface area is 87.7 Å². The van der Waals surface area contributed by atoms with E-state index in [1.807, 2.05) is 0 Å². The predicted molar refractivity (Wildman–Crippen MR) is 54.4 cm³/mol. The standard InChI is InChI=1S/C9H13ClN2O2/c1-14-8-4-6(10)5-12-9(8)7(11)2-3-13/h4-5,7,13H,2-3,11H2,1H3. The van der Waals surface area contributed by atoms with E-state index in [0.29, 0.717) is 22.9 Å². The van der Waals surface area contributed by atoms with Crippen LogP contribution in [0.1, 0.15) is 18.2 Å². The van der Waals surface area contributed by atoms with Crippen LogP contribution in [0, 0.1) is 0 Å². The number of hydrogen-bond acceptors (Lipinski definition) is 4. The van der Waals surface area contributed by atoms with Gasteiger partial charge in [0.25, 0.3) is 0 Å². The highest BCUT2D eigenvalue weighted by Crippen LogP contribution is 2.25. The van der Waals surface area contributed by atoms with Crippen LogP contribution in [-0.4, -0.2) is 23.8 Å². The third-order valence-corrected chi connectivity index (χ3v) is 2.07. The molecule has 0 spiro atoms. The Balaban J connectivity index is 2.95. The minimum absolute atomic E-state index is 0.0224. The van der Waals surface area contributed by atoms with Crippen LogP contribution in [0.2, 0.25) is 5.02 Å². The Hall–Kier alpha value is -0.840. The molecule has 4 nitrogen and oxygen atoms in total. The van der Waals surface area contributed by atoms with Crippen molar-refractivity contribution in [2.75, 3.05) is 13.7 Å². The summed E-state index contributed by atoms with van der Waals surface area (Å²) in [5.74, 6) is 0.554. The van der Waals surface area contributed by atoms with Gasteiger partial charge in [0.05, 0.1) is 23.9 Å².